The zero-order chi connectivity index (χ0) is 12.7. The van der Waals surface area contributed by atoms with Crippen molar-refractivity contribution >= 4 is 22.6 Å². The third kappa shape index (κ3) is 4.92. The number of nitrogens with one attached hydrogen (secondary N) is 1. The molecule has 1 aromatic rings. The summed E-state index contributed by atoms with van der Waals surface area (Å²) in [6, 6.07) is 5.40. The van der Waals surface area contributed by atoms with Gasteiger partial charge in [-0.2, -0.15) is 0 Å². The summed E-state index contributed by atoms with van der Waals surface area (Å²) in [6.45, 7) is 2.22. The van der Waals surface area contributed by atoms with E-state index in [1.165, 1.54) is 31.2 Å². The van der Waals surface area contributed by atoms with Crippen LogP contribution in [0.4, 0.5) is 4.39 Å². The van der Waals surface area contributed by atoms with Gasteiger partial charge in [0.2, 0.25) is 0 Å². The van der Waals surface area contributed by atoms with Crippen molar-refractivity contribution in [3.8, 4) is 0 Å². The fourth-order valence-electron chi connectivity index (χ4n) is 2.01. The van der Waals surface area contributed by atoms with E-state index in [0.717, 1.165) is 9.99 Å². The lowest BCUT2D eigenvalue weighted by Crippen LogP contribution is -2.17. The molecule has 1 aromatic carbocycles. The van der Waals surface area contributed by atoms with Crippen molar-refractivity contribution in [3.05, 3.63) is 33.1 Å². The molecule has 0 heterocycles. The summed E-state index contributed by atoms with van der Waals surface area (Å²) in [5.74, 6) is -0.154. The molecule has 96 valence electrons. The van der Waals surface area contributed by atoms with Crippen LogP contribution in [0.5, 0.6) is 0 Å². The van der Waals surface area contributed by atoms with Gasteiger partial charge in [0.25, 0.3) is 0 Å². The van der Waals surface area contributed by atoms with Crippen LogP contribution in [-0.2, 0) is 0 Å². The number of halogens is 2. The second kappa shape index (κ2) is 8.03. The molecule has 0 spiro atoms. The highest BCUT2D eigenvalue weighted by Gasteiger charge is 2.12. The maximum Gasteiger partial charge on any atom is 0.124 e. The quantitative estimate of drug-likeness (QED) is 0.558. The van der Waals surface area contributed by atoms with E-state index in [9.17, 15) is 4.39 Å². The van der Waals surface area contributed by atoms with Crippen molar-refractivity contribution in [1.82, 2.24) is 5.32 Å². The average Bonchev–Trinajstić information content (AvgIpc) is 2.31. The smallest absolute Gasteiger partial charge is 0.124 e. The molecule has 1 rings (SSSR count). The summed E-state index contributed by atoms with van der Waals surface area (Å²) in [5.41, 5.74) is 1.21. The summed E-state index contributed by atoms with van der Waals surface area (Å²) in [5, 5.41) is 3.33. The van der Waals surface area contributed by atoms with Crippen LogP contribution in [0.25, 0.3) is 0 Å². The summed E-state index contributed by atoms with van der Waals surface area (Å²) in [4.78, 5) is 0. The van der Waals surface area contributed by atoms with Crippen LogP contribution < -0.4 is 5.32 Å². The Bertz CT molecular complexity index is 341. The van der Waals surface area contributed by atoms with E-state index in [2.05, 4.69) is 34.8 Å². The maximum absolute atomic E-state index is 13.0. The molecular formula is C14H21FIN. The molecule has 0 saturated heterocycles. The molecule has 1 atom stereocenters. The fourth-order valence-corrected chi connectivity index (χ4v) is 2.87. The van der Waals surface area contributed by atoms with E-state index in [-0.39, 0.29) is 5.82 Å². The number of unbranched alkanes of at least 4 members (excludes halogenated alkanes) is 3. The second-order valence-electron chi connectivity index (χ2n) is 4.36. The van der Waals surface area contributed by atoms with Gasteiger partial charge in [0.15, 0.2) is 0 Å². The van der Waals surface area contributed by atoms with Crippen molar-refractivity contribution in [2.24, 2.45) is 0 Å². The van der Waals surface area contributed by atoms with Crippen LogP contribution in [0, 0.1) is 9.39 Å². The third-order valence-corrected chi connectivity index (χ3v) is 3.97. The Kier molecular flexibility index (Phi) is 7.04. The van der Waals surface area contributed by atoms with Crippen LogP contribution >= 0.6 is 22.6 Å². The van der Waals surface area contributed by atoms with Crippen LogP contribution in [0.3, 0.4) is 0 Å². The first-order valence-electron chi connectivity index (χ1n) is 6.31. The Morgan fingerprint density at radius 2 is 2.06 bits per heavy atom. The number of hydrogen-bond acceptors (Lipinski definition) is 1. The third-order valence-electron chi connectivity index (χ3n) is 3.03. The lowest BCUT2D eigenvalue weighted by atomic mass is 10.0. The van der Waals surface area contributed by atoms with Crippen LogP contribution in [0.15, 0.2) is 18.2 Å². The van der Waals surface area contributed by atoms with E-state index in [1.807, 2.05) is 13.1 Å². The van der Waals surface area contributed by atoms with E-state index >= 15 is 0 Å². The first-order valence-corrected chi connectivity index (χ1v) is 7.39. The summed E-state index contributed by atoms with van der Waals surface area (Å²) >= 11 is 2.21. The maximum atomic E-state index is 13.0. The van der Waals surface area contributed by atoms with E-state index in [0.29, 0.717) is 6.04 Å². The molecule has 1 N–H and O–H groups in total. The summed E-state index contributed by atoms with van der Waals surface area (Å²) < 4.78 is 14.1. The topological polar surface area (TPSA) is 12.0 Å². The lowest BCUT2D eigenvalue weighted by molar-refractivity contribution is 0.502. The summed E-state index contributed by atoms with van der Waals surface area (Å²) in [6.07, 6.45) is 6.20. The molecule has 3 heteroatoms. The van der Waals surface area contributed by atoms with Gasteiger partial charge in [0, 0.05) is 9.61 Å². The predicted molar refractivity (Wildman–Crippen MR) is 79.7 cm³/mol. The SMILES string of the molecule is CCCCCCC(NC)c1ccc(F)cc1I. The van der Waals surface area contributed by atoms with Gasteiger partial charge in [-0.05, 0) is 53.8 Å². The molecule has 0 aliphatic rings. The number of hydrogen-bond donors (Lipinski definition) is 1. The van der Waals surface area contributed by atoms with Gasteiger partial charge in [-0.15, -0.1) is 0 Å². The fraction of sp³-hybridized carbons (Fsp3) is 0.571. The average molecular weight is 349 g/mol. The molecule has 1 unspecified atom stereocenters. The minimum atomic E-state index is -0.154. The van der Waals surface area contributed by atoms with E-state index < -0.39 is 0 Å². The molecule has 17 heavy (non-hydrogen) atoms. The molecule has 0 fully saturated rings. The van der Waals surface area contributed by atoms with Crippen molar-refractivity contribution < 1.29 is 4.39 Å². The molecule has 0 radical (unpaired) electrons. The first-order chi connectivity index (χ1) is 8.19. The molecule has 0 aliphatic heterocycles. The van der Waals surface area contributed by atoms with Gasteiger partial charge in [0.05, 0.1) is 0 Å². The Balaban J connectivity index is 2.59. The van der Waals surface area contributed by atoms with Crippen LogP contribution in [0.2, 0.25) is 0 Å². The van der Waals surface area contributed by atoms with Gasteiger partial charge in [-0.25, -0.2) is 4.39 Å². The first kappa shape index (κ1) is 14.9. The Labute approximate surface area is 117 Å². The van der Waals surface area contributed by atoms with Crippen molar-refractivity contribution in [2.75, 3.05) is 7.05 Å². The second-order valence-corrected chi connectivity index (χ2v) is 5.52. The number of rotatable bonds is 7. The number of benzene rings is 1. The zero-order valence-corrected chi connectivity index (χ0v) is 12.8. The van der Waals surface area contributed by atoms with Crippen LogP contribution in [0.1, 0.15) is 50.6 Å². The van der Waals surface area contributed by atoms with Gasteiger partial charge in [-0.1, -0.05) is 38.7 Å². The molecule has 0 bridgehead atoms. The van der Waals surface area contributed by atoms with Gasteiger partial charge >= 0.3 is 0 Å². The predicted octanol–water partition coefficient (Wildman–Crippen LogP) is 4.66. The Morgan fingerprint density at radius 3 is 2.65 bits per heavy atom. The van der Waals surface area contributed by atoms with E-state index in [4.69, 9.17) is 0 Å². The highest BCUT2D eigenvalue weighted by atomic mass is 127. The van der Waals surface area contributed by atoms with Crippen molar-refractivity contribution in [2.45, 2.75) is 45.1 Å². The van der Waals surface area contributed by atoms with Gasteiger partial charge in [-0.3, -0.25) is 0 Å². The van der Waals surface area contributed by atoms with Crippen LogP contribution in [-0.4, -0.2) is 7.05 Å². The summed E-state index contributed by atoms with van der Waals surface area (Å²) in [7, 11) is 1.98. The monoisotopic (exact) mass is 349 g/mol. The highest BCUT2D eigenvalue weighted by molar-refractivity contribution is 14.1. The lowest BCUT2D eigenvalue weighted by Gasteiger charge is -2.18. The molecule has 0 aliphatic carbocycles. The van der Waals surface area contributed by atoms with Gasteiger partial charge in [0.1, 0.15) is 5.82 Å². The molecule has 0 saturated carbocycles. The molecule has 1 nitrogen and oxygen atoms in total. The zero-order valence-electron chi connectivity index (χ0n) is 10.6. The minimum absolute atomic E-state index is 0.154. The largest absolute Gasteiger partial charge is 0.313 e. The molecule has 0 amide bonds. The van der Waals surface area contributed by atoms with Crippen molar-refractivity contribution in [1.29, 1.82) is 0 Å². The Hall–Kier alpha value is -0.160. The Morgan fingerprint density at radius 1 is 1.29 bits per heavy atom. The highest BCUT2D eigenvalue weighted by Crippen LogP contribution is 2.25. The molecule has 0 aromatic heterocycles. The van der Waals surface area contributed by atoms with Gasteiger partial charge < -0.3 is 5.32 Å². The van der Waals surface area contributed by atoms with E-state index in [1.54, 1.807) is 12.1 Å². The normalized spacial score (nSPS) is 12.7. The minimum Gasteiger partial charge on any atom is -0.313 e. The molecular weight excluding hydrogens is 328 g/mol. The van der Waals surface area contributed by atoms with Crippen molar-refractivity contribution in [3.63, 3.8) is 0 Å². The standard InChI is InChI=1S/C14H21FIN/c1-3-4-5-6-7-14(17-2)12-9-8-11(15)10-13(12)16/h8-10,14,17H,3-7H2,1-2H3.